The minimum atomic E-state index is -0.249. The number of guanidine groups is 1. The zero-order valence-corrected chi connectivity index (χ0v) is 19.4. The van der Waals surface area contributed by atoms with E-state index >= 15 is 0 Å². The van der Waals surface area contributed by atoms with E-state index in [0.717, 1.165) is 50.5 Å². The summed E-state index contributed by atoms with van der Waals surface area (Å²) in [6.07, 6.45) is 3.41. The van der Waals surface area contributed by atoms with Gasteiger partial charge in [0.15, 0.2) is 5.96 Å². The van der Waals surface area contributed by atoms with Gasteiger partial charge in [-0.25, -0.2) is 4.79 Å². The number of hydrogen-bond donors (Lipinski definition) is 2. The average Bonchev–Trinajstić information content (AvgIpc) is 2.71. The molecule has 1 saturated heterocycles. The fraction of sp³-hybridized carbons (Fsp3) is 0.600. The van der Waals surface area contributed by atoms with Crippen LogP contribution in [0, 0.1) is 0 Å². The molecule has 1 amide bonds. The summed E-state index contributed by atoms with van der Waals surface area (Å²) in [5.74, 6) is 1.72. The first-order valence-corrected chi connectivity index (χ1v) is 9.68. The van der Waals surface area contributed by atoms with Gasteiger partial charge in [-0.05, 0) is 43.4 Å². The number of halogens is 1. The topological polar surface area (TPSA) is 75.2 Å². The Morgan fingerprint density at radius 3 is 2.71 bits per heavy atom. The van der Waals surface area contributed by atoms with Crippen molar-refractivity contribution in [3.05, 3.63) is 29.8 Å². The molecule has 158 valence electrons. The third kappa shape index (κ3) is 8.12. The minimum absolute atomic E-state index is 0. The second-order valence-electron chi connectivity index (χ2n) is 6.62. The Bertz CT molecular complexity index is 619. The Hall–Kier alpha value is -1.71. The molecule has 0 spiro atoms. The van der Waals surface area contributed by atoms with Crippen LogP contribution in [0.25, 0.3) is 0 Å². The molecule has 1 heterocycles. The van der Waals surface area contributed by atoms with Gasteiger partial charge in [-0.15, -0.1) is 24.0 Å². The maximum atomic E-state index is 11.5. The number of rotatable bonds is 7. The Morgan fingerprint density at radius 2 is 2.07 bits per heavy atom. The summed E-state index contributed by atoms with van der Waals surface area (Å²) in [7, 11) is 3.20. The van der Waals surface area contributed by atoms with E-state index in [1.807, 2.05) is 12.1 Å². The van der Waals surface area contributed by atoms with Gasteiger partial charge < -0.3 is 25.0 Å². The van der Waals surface area contributed by atoms with Crippen molar-refractivity contribution in [1.82, 2.24) is 15.5 Å². The fourth-order valence-electron chi connectivity index (χ4n) is 3.06. The molecule has 0 unspecified atom stereocenters. The second kappa shape index (κ2) is 13.5. The molecule has 0 radical (unpaired) electrons. The molecule has 1 aliphatic rings. The van der Waals surface area contributed by atoms with Gasteiger partial charge in [0.2, 0.25) is 0 Å². The minimum Gasteiger partial charge on any atom is -0.494 e. The third-order valence-electron chi connectivity index (χ3n) is 4.57. The van der Waals surface area contributed by atoms with Crippen molar-refractivity contribution >= 4 is 36.0 Å². The van der Waals surface area contributed by atoms with E-state index in [1.165, 1.54) is 12.7 Å². The summed E-state index contributed by atoms with van der Waals surface area (Å²) in [5.41, 5.74) is 1.23. The largest absolute Gasteiger partial charge is 0.494 e. The van der Waals surface area contributed by atoms with Gasteiger partial charge in [0, 0.05) is 32.7 Å². The maximum absolute atomic E-state index is 11.5. The molecule has 0 saturated carbocycles. The molecule has 0 aliphatic carbocycles. The predicted molar refractivity (Wildman–Crippen MR) is 123 cm³/mol. The number of piperidine rings is 1. The number of ether oxygens (including phenoxy) is 2. The van der Waals surface area contributed by atoms with Crippen molar-refractivity contribution in [3.63, 3.8) is 0 Å². The molecule has 1 aliphatic heterocycles. The lowest BCUT2D eigenvalue weighted by atomic mass is 10.1. The van der Waals surface area contributed by atoms with Crippen LogP contribution in [0.4, 0.5) is 4.79 Å². The summed E-state index contributed by atoms with van der Waals surface area (Å²) in [6, 6.07) is 8.54. The van der Waals surface area contributed by atoms with Crippen molar-refractivity contribution in [1.29, 1.82) is 0 Å². The molecule has 1 fully saturated rings. The number of amides is 1. The van der Waals surface area contributed by atoms with Gasteiger partial charge >= 0.3 is 6.09 Å². The zero-order chi connectivity index (χ0) is 19.5. The molecular formula is C20H33IN4O3. The van der Waals surface area contributed by atoms with Crippen LogP contribution in [0.2, 0.25) is 0 Å². The number of carbonyl (C=O) groups is 1. The Kier molecular flexibility index (Phi) is 11.7. The molecule has 7 nitrogen and oxygen atoms in total. The quantitative estimate of drug-likeness (QED) is 0.339. The Balaban J connectivity index is 0.00000392. The first-order valence-electron chi connectivity index (χ1n) is 9.68. The van der Waals surface area contributed by atoms with Crippen LogP contribution in [0.15, 0.2) is 29.3 Å². The number of benzene rings is 1. The third-order valence-corrected chi connectivity index (χ3v) is 4.57. The lowest BCUT2D eigenvalue weighted by Gasteiger charge is -2.32. The predicted octanol–water partition coefficient (Wildman–Crippen LogP) is 3.03. The van der Waals surface area contributed by atoms with Crippen LogP contribution in [0.1, 0.15) is 31.7 Å². The number of carbonyl (C=O) groups excluding carboxylic acids is 1. The molecule has 1 aromatic carbocycles. The number of nitrogens with zero attached hydrogens (tertiary/aromatic N) is 2. The van der Waals surface area contributed by atoms with E-state index in [0.29, 0.717) is 19.1 Å². The molecule has 1 aromatic rings. The molecule has 0 bridgehead atoms. The van der Waals surface area contributed by atoms with Crippen LogP contribution in [-0.2, 0) is 11.2 Å². The van der Waals surface area contributed by atoms with Gasteiger partial charge in [-0.1, -0.05) is 19.1 Å². The molecule has 2 N–H and O–H groups in total. The molecule has 2 rings (SSSR count). The van der Waals surface area contributed by atoms with Gasteiger partial charge in [0.1, 0.15) is 5.75 Å². The van der Waals surface area contributed by atoms with Crippen molar-refractivity contribution in [2.75, 3.05) is 40.4 Å². The number of nitrogens with one attached hydrogen (secondary N) is 2. The van der Waals surface area contributed by atoms with E-state index in [-0.39, 0.29) is 30.1 Å². The van der Waals surface area contributed by atoms with Crippen molar-refractivity contribution in [2.24, 2.45) is 4.99 Å². The summed E-state index contributed by atoms with van der Waals surface area (Å²) in [6.45, 7) is 5.04. The second-order valence-corrected chi connectivity index (χ2v) is 6.62. The van der Waals surface area contributed by atoms with Crippen molar-refractivity contribution < 1.29 is 14.3 Å². The van der Waals surface area contributed by atoms with Crippen LogP contribution >= 0.6 is 24.0 Å². The van der Waals surface area contributed by atoms with Crippen LogP contribution in [0.3, 0.4) is 0 Å². The van der Waals surface area contributed by atoms with Crippen LogP contribution in [0.5, 0.6) is 5.75 Å². The van der Waals surface area contributed by atoms with E-state index in [2.05, 4.69) is 34.7 Å². The summed E-state index contributed by atoms with van der Waals surface area (Å²) >= 11 is 0. The SMILES string of the molecule is CCCOc1cccc(CCNC(=NC)NC2CCN(C(=O)OC)CC2)c1.I. The zero-order valence-electron chi connectivity index (χ0n) is 17.1. The summed E-state index contributed by atoms with van der Waals surface area (Å²) < 4.78 is 10.5. The highest BCUT2D eigenvalue weighted by molar-refractivity contribution is 14.0. The molecule has 28 heavy (non-hydrogen) atoms. The summed E-state index contributed by atoms with van der Waals surface area (Å²) in [4.78, 5) is 17.6. The van der Waals surface area contributed by atoms with Crippen molar-refractivity contribution in [3.8, 4) is 5.75 Å². The number of hydrogen-bond acceptors (Lipinski definition) is 4. The molecule has 8 heteroatoms. The number of likely N-dealkylation sites (tertiary alicyclic amines) is 1. The molecule has 0 atom stereocenters. The maximum Gasteiger partial charge on any atom is 0.409 e. The smallest absolute Gasteiger partial charge is 0.409 e. The van der Waals surface area contributed by atoms with Gasteiger partial charge in [-0.2, -0.15) is 0 Å². The highest BCUT2D eigenvalue weighted by atomic mass is 127. The van der Waals surface area contributed by atoms with E-state index in [9.17, 15) is 4.79 Å². The molecule has 0 aromatic heterocycles. The number of methoxy groups -OCH3 is 1. The summed E-state index contributed by atoms with van der Waals surface area (Å²) in [5, 5.41) is 6.81. The number of aliphatic imine (C=N–C) groups is 1. The lowest BCUT2D eigenvalue weighted by molar-refractivity contribution is 0.111. The van der Waals surface area contributed by atoms with E-state index < -0.39 is 0 Å². The van der Waals surface area contributed by atoms with E-state index in [4.69, 9.17) is 9.47 Å². The van der Waals surface area contributed by atoms with E-state index in [1.54, 1.807) is 11.9 Å². The normalized spacial score (nSPS) is 14.8. The highest BCUT2D eigenvalue weighted by Crippen LogP contribution is 2.14. The average molecular weight is 504 g/mol. The standard InChI is InChI=1S/C20H32N4O3.HI/c1-4-14-27-18-7-5-6-16(15-18)8-11-22-19(21-2)23-17-9-12-24(13-10-17)20(25)26-3;/h5-7,15,17H,4,8-14H2,1-3H3,(H2,21,22,23);1H. The Morgan fingerprint density at radius 1 is 1.32 bits per heavy atom. The van der Waals surface area contributed by atoms with Crippen LogP contribution < -0.4 is 15.4 Å². The van der Waals surface area contributed by atoms with Crippen molar-refractivity contribution in [2.45, 2.75) is 38.6 Å². The highest BCUT2D eigenvalue weighted by Gasteiger charge is 2.23. The lowest BCUT2D eigenvalue weighted by Crippen LogP contribution is -2.50. The monoisotopic (exact) mass is 504 g/mol. The first kappa shape index (κ1) is 24.3. The van der Waals surface area contributed by atoms with Gasteiger partial charge in [0.05, 0.1) is 13.7 Å². The van der Waals surface area contributed by atoms with Gasteiger partial charge in [-0.3, -0.25) is 4.99 Å². The fourth-order valence-corrected chi connectivity index (χ4v) is 3.06. The van der Waals surface area contributed by atoms with Crippen LogP contribution in [-0.4, -0.2) is 63.4 Å². The molecular weight excluding hydrogens is 471 g/mol. The first-order chi connectivity index (χ1) is 13.2. The van der Waals surface area contributed by atoms with Gasteiger partial charge in [0.25, 0.3) is 0 Å². The Labute approximate surface area is 185 Å².